The van der Waals surface area contributed by atoms with E-state index in [9.17, 15) is 4.79 Å². The van der Waals surface area contributed by atoms with E-state index in [0.29, 0.717) is 15.6 Å². The number of halogens is 2. The van der Waals surface area contributed by atoms with Crippen LogP contribution >= 0.6 is 23.2 Å². The second kappa shape index (κ2) is 6.08. The largest absolute Gasteiger partial charge is 0.322 e. The SMILES string of the molecule is O=C(Nc1cccc2c1CCCC2)c1ccc(Cl)c(Cl)c1. The topological polar surface area (TPSA) is 29.1 Å². The summed E-state index contributed by atoms with van der Waals surface area (Å²) in [6.07, 6.45) is 4.50. The molecule has 0 radical (unpaired) electrons. The molecule has 1 aliphatic carbocycles. The number of hydrogen-bond donors (Lipinski definition) is 1. The molecule has 1 N–H and O–H groups in total. The maximum atomic E-state index is 12.4. The summed E-state index contributed by atoms with van der Waals surface area (Å²) in [5.74, 6) is -0.160. The highest BCUT2D eigenvalue weighted by Gasteiger charge is 2.15. The summed E-state index contributed by atoms with van der Waals surface area (Å²) in [4.78, 5) is 12.4. The van der Waals surface area contributed by atoms with Gasteiger partial charge in [0, 0.05) is 11.3 Å². The third-order valence-corrected chi connectivity index (χ3v) is 4.56. The third-order valence-electron chi connectivity index (χ3n) is 3.83. The highest BCUT2D eigenvalue weighted by Crippen LogP contribution is 2.29. The van der Waals surface area contributed by atoms with Crippen LogP contribution in [0.4, 0.5) is 5.69 Å². The van der Waals surface area contributed by atoms with Gasteiger partial charge in [-0.05, 0) is 61.1 Å². The predicted octanol–water partition coefficient (Wildman–Crippen LogP) is 5.12. The Bertz CT molecular complexity index is 697. The molecule has 0 aromatic heterocycles. The Morgan fingerprint density at radius 1 is 1.00 bits per heavy atom. The molecule has 4 heteroatoms. The lowest BCUT2D eigenvalue weighted by Crippen LogP contribution is -2.15. The first kappa shape index (κ1) is 14.4. The molecule has 1 aliphatic rings. The Labute approximate surface area is 134 Å². The van der Waals surface area contributed by atoms with Crippen LogP contribution < -0.4 is 5.32 Å². The lowest BCUT2D eigenvalue weighted by molar-refractivity contribution is 0.102. The van der Waals surface area contributed by atoms with E-state index in [0.717, 1.165) is 18.5 Å². The molecule has 0 spiro atoms. The van der Waals surface area contributed by atoms with Crippen LogP contribution in [0.2, 0.25) is 10.0 Å². The predicted molar refractivity (Wildman–Crippen MR) is 87.5 cm³/mol. The van der Waals surface area contributed by atoms with Crippen LogP contribution in [0, 0.1) is 0 Å². The van der Waals surface area contributed by atoms with E-state index in [1.54, 1.807) is 18.2 Å². The minimum atomic E-state index is -0.160. The fourth-order valence-corrected chi connectivity index (χ4v) is 3.03. The Hall–Kier alpha value is -1.51. The van der Waals surface area contributed by atoms with Gasteiger partial charge in [-0.1, -0.05) is 35.3 Å². The van der Waals surface area contributed by atoms with Crippen LogP contribution in [-0.2, 0) is 12.8 Å². The number of anilines is 1. The van der Waals surface area contributed by atoms with Crippen LogP contribution in [0.15, 0.2) is 36.4 Å². The van der Waals surface area contributed by atoms with Gasteiger partial charge >= 0.3 is 0 Å². The summed E-state index contributed by atoms with van der Waals surface area (Å²) >= 11 is 11.8. The minimum absolute atomic E-state index is 0.160. The van der Waals surface area contributed by atoms with Gasteiger partial charge in [0.05, 0.1) is 10.0 Å². The molecular formula is C17H15Cl2NO. The van der Waals surface area contributed by atoms with Gasteiger partial charge < -0.3 is 5.32 Å². The second-order valence-corrected chi connectivity index (χ2v) is 6.05. The molecule has 0 saturated heterocycles. The molecule has 0 atom stereocenters. The van der Waals surface area contributed by atoms with Crippen molar-refractivity contribution in [2.24, 2.45) is 0 Å². The van der Waals surface area contributed by atoms with E-state index in [1.165, 1.54) is 24.0 Å². The van der Waals surface area contributed by atoms with Gasteiger partial charge in [-0.25, -0.2) is 0 Å². The smallest absolute Gasteiger partial charge is 0.255 e. The molecule has 3 rings (SSSR count). The first-order valence-electron chi connectivity index (χ1n) is 7.02. The van der Waals surface area contributed by atoms with Crippen molar-refractivity contribution in [2.75, 3.05) is 5.32 Å². The van der Waals surface area contributed by atoms with Crippen molar-refractivity contribution in [3.8, 4) is 0 Å². The van der Waals surface area contributed by atoms with Crippen molar-refractivity contribution < 1.29 is 4.79 Å². The zero-order valence-electron chi connectivity index (χ0n) is 11.5. The molecule has 2 nitrogen and oxygen atoms in total. The lowest BCUT2D eigenvalue weighted by Gasteiger charge is -2.19. The quantitative estimate of drug-likeness (QED) is 0.817. The fraction of sp³-hybridized carbons (Fsp3) is 0.235. The normalized spacial score (nSPS) is 13.6. The number of amides is 1. The summed E-state index contributed by atoms with van der Waals surface area (Å²) in [5, 5.41) is 3.83. The standard InChI is InChI=1S/C17H15Cl2NO/c18-14-9-8-12(10-15(14)19)17(21)20-16-7-3-5-11-4-1-2-6-13(11)16/h3,5,7-10H,1-2,4,6H2,(H,20,21). The van der Waals surface area contributed by atoms with E-state index < -0.39 is 0 Å². The van der Waals surface area contributed by atoms with Crippen LogP contribution in [0.25, 0.3) is 0 Å². The Balaban J connectivity index is 1.86. The summed E-state index contributed by atoms with van der Waals surface area (Å²) < 4.78 is 0. The number of carbonyl (C=O) groups is 1. The van der Waals surface area contributed by atoms with Crippen LogP contribution in [0.1, 0.15) is 34.3 Å². The van der Waals surface area contributed by atoms with Gasteiger partial charge in [-0.3, -0.25) is 4.79 Å². The van der Waals surface area contributed by atoms with E-state index in [2.05, 4.69) is 11.4 Å². The average molecular weight is 320 g/mol. The van der Waals surface area contributed by atoms with Crippen molar-refractivity contribution in [3.63, 3.8) is 0 Å². The highest BCUT2D eigenvalue weighted by molar-refractivity contribution is 6.42. The third kappa shape index (κ3) is 3.07. The molecule has 0 bridgehead atoms. The molecular weight excluding hydrogens is 305 g/mol. The zero-order valence-corrected chi connectivity index (χ0v) is 13.0. The van der Waals surface area contributed by atoms with Gasteiger partial charge in [0.15, 0.2) is 0 Å². The average Bonchev–Trinajstić information content (AvgIpc) is 2.50. The Kier molecular flexibility index (Phi) is 4.18. The number of carbonyl (C=O) groups excluding carboxylic acids is 1. The van der Waals surface area contributed by atoms with E-state index in [1.807, 2.05) is 12.1 Å². The number of benzene rings is 2. The number of fused-ring (bicyclic) bond motifs is 1. The maximum absolute atomic E-state index is 12.4. The van der Waals surface area contributed by atoms with Crippen molar-refractivity contribution in [1.82, 2.24) is 0 Å². The van der Waals surface area contributed by atoms with Crippen LogP contribution in [-0.4, -0.2) is 5.91 Å². The van der Waals surface area contributed by atoms with Gasteiger partial charge in [-0.2, -0.15) is 0 Å². The van der Waals surface area contributed by atoms with E-state index in [-0.39, 0.29) is 5.91 Å². The zero-order chi connectivity index (χ0) is 14.8. The molecule has 0 unspecified atom stereocenters. The lowest BCUT2D eigenvalue weighted by atomic mass is 9.90. The summed E-state index contributed by atoms with van der Waals surface area (Å²) in [5.41, 5.74) is 4.02. The van der Waals surface area contributed by atoms with Crippen LogP contribution in [0.5, 0.6) is 0 Å². The molecule has 1 amide bonds. The molecule has 2 aromatic rings. The first-order valence-corrected chi connectivity index (χ1v) is 7.78. The fourth-order valence-electron chi connectivity index (χ4n) is 2.73. The number of nitrogens with one attached hydrogen (secondary N) is 1. The monoisotopic (exact) mass is 319 g/mol. The van der Waals surface area contributed by atoms with Gasteiger partial charge in [0.2, 0.25) is 0 Å². The molecule has 0 aliphatic heterocycles. The Morgan fingerprint density at radius 2 is 1.81 bits per heavy atom. The van der Waals surface area contributed by atoms with Crippen molar-refractivity contribution in [1.29, 1.82) is 0 Å². The molecule has 0 fully saturated rings. The summed E-state index contributed by atoms with van der Waals surface area (Å²) in [6, 6.07) is 11.0. The van der Waals surface area contributed by atoms with Crippen LogP contribution in [0.3, 0.4) is 0 Å². The minimum Gasteiger partial charge on any atom is -0.322 e. The van der Waals surface area contributed by atoms with Gasteiger partial charge in [0.25, 0.3) is 5.91 Å². The second-order valence-electron chi connectivity index (χ2n) is 5.23. The van der Waals surface area contributed by atoms with E-state index in [4.69, 9.17) is 23.2 Å². The number of aryl methyl sites for hydroxylation is 1. The molecule has 108 valence electrons. The molecule has 21 heavy (non-hydrogen) atoms. The van der Waals surface area contributed by atoms with Gasteiger partial charge in [-0.15, -0.1) is 0 Å². The summed E-state index contributed by atoms with van der Waals surface area (Å²) in [7, 11) is 0. The van der Waals surface area contributed by atoms with E-state index >= 15 is 0 Å². The number of hydrogen-bond acceptors (Lipinski definition) is 1. The molecule has 2 aromatic carbocycles. The first-order chi connectivity index (χ1) is 10.1. The molecule has 0 saturated carbocycles. The highest BCUT2D eigenvalue weighted by atomic mass is 35.5. The van der Waals surface area contributed by atoms with Gasteiger partial charge in [0.1, 0.15) is 0 Å². The maximum Gasteiger partial charge on any atom is 0.255 e. The summed E-state index contributed by atoms with van der Waals surface area (Å²) in [6.45, 7) is 0. The Morgan fingerprint density at radius 3 is 2.62 bits per heavy atom. The van der Waals surface area contributed by atoms with Crippen molar-refractivity contribution in [3.05, 3.63) is 63.1 Å². The van der Waals surface area contributed by atoms with Crippen molar-refractivity contribution in [2.45, 2.75) is 25.7 Å². The number of rotatable bonds is 2. The van der Waals surface area contributed by atoms with Crippen molar-refractivity contribution >= 4 is 34.8 Å². The molecule has 0 heterocycles.